The van der Waals surface area contributed by atoms with Crippen molar-refractivity contribution in [2.24, 2.45) is 5.92 Å². The minimum atomic E-state index is -0.372. The molecule has 0 spiro atoms. The predicted molar refractivity (Wildman–Crippen MR) is 65.9 cm³/mol. The van der Waals surface area contributed by atoms with Crippen LogP contribution >= 0.6 is 11.8 Å². The fourth-order valence-electron chi connectivity index (χ4n) is 2.36. The van der Waals surface area contributed by atoms with Gasteiger partial charge in [-0.15, -0.1) is 11.8 Å². The van der Waals surface area contributed by atoms with Crippen molar-refractivity contribution >= 4 is 17.9 Å². The van der Waals surface area contributed by atoms with Gasteiger partial charge in [-0.05, 0) is 37.7 Å². The SMILES string of the molecule is CCOC(=O)n1nc(C)cc1C12CC1C=CS2. The first-order chi connectivity index (χ1) is 8.17. The first kappa shape index (κ1) is 10.9. The number of allylic oxidation sites excluding steroid dienone is 1. The first-order valence-corrected chi connectivity index (χ1v) is 6.64. The molecule has 90 valence electrons. The molecule has 0 saturated heterocycles. The van der Waals surface area contributed by atoms with Crippen molar-refractivity contribution in [3.63, 3.8) is 0 Å². The Balaban J connectivity index is 1.97. The van der Waals surface area contributed by atoms with E-state index in [4.69, 9.17) is 4.74 Å². The van der Waals surface area contributed by atoms with E-state index in [1.54, 1.807) is 18.7 Å². The standard InChI is InChI=1S/C12H14N2O2S/c1-3-16-11(15)14-10(6-8(2)13-14)12-7-9(12)4-5-17-12/h4-6,9H,3,7H2,1-2H3. The molecule has 2 aliphatic rings. The fraction of sp³-hybridized carbons (Fsp3) is 0.500. The minimum absolute atomic E-state index is 0.0496. The smallest absolute Gasteiger partial charge is 0.434 e. The quantitative estimate of drug-likeness (QED) is 0.809. The summed E-state index contributed by atoms with van der Waals surface area (Å²) in [6, 6.07) is 2.00. The summed E-state index contributed by atoms with van der Waals surface area (Å²) in [5, 5.41) is 6.36. The Kier molecular flexibility index (Phi) is 2.33. The van der Waals surface area contributed by atoms with Gasteiger partial charge in [0.2, 0.25) is 0 Å². The van der Waals surface area contributed by atoms with Gasteiger partial charge < -0.3 is 4.74 Å². The maximum absolute atomic E-state index is 11.8. The van der Waals surface area contributed by atoms with E-state index >= 15 is 0 Å². The molecule has 2 atom stereocenters. The van der Waals surface area contributed by atoms with Gasteiger partial charge in [-0.25, -0.2) is 4.79 Å². The van der Waals surface area contributed by atoms with Crippen LogP contribution < -0.4 is 0 Å². The molecule has 0 aromatic carbocycles. The second-order valence-corrected chi connectivity index (χ2v) is 5.66. The number of aromatic nitrogens is 2. The lowest BCUT2D eigenvalue weighted by molar-refractivity contribution is 0.149. The van der Waals surface area contributed by atoms with E-state index in [2.05, 4.69) is 16.6 Å². The maximum atomic E-state index is 11.8. The van der Waals surface area contributed by atoms with Gasteiger partial charge >= 0.3 is 6.09 Å². The van der Waals surface area contributed by atoms with E-state index in [1.165, 1.54) is 4.68 Å². The van der Waals surface area contributed by atoms with Crippen LogP contribution in [0.25, 0.3) is 0 Å². The average Bonchev–Trinajstić information content (AvgIpc) is 2.70. The largest absolute Gasteiger partial charge is 0.448 e. The van der Waals surface area contributed by atoms with Crippen molar-refractivity contribution in [2.75, 3.05) is 6.61 Å². The van der Waals surface area contributed by atoms with Gasteiger partial charge in [0, 0.05) is 0 Å². The van der Waals surface area contributed by atoms with E-state index in [0.717, 1.165) is 17.8 Å². The molecule has 1 aromatic rings. The van der Waals surface area contributed by atoms with Gasteiger partial charge in [0.25, 0.3) is 0 Å². The lowest BCUT2D eigenvalue weighted by Crippen LogP contribution is -2.21. The molecule has 5 heteroatoms. The number of carbonyl (C=O) groups excluding carboxylic acids is 1. The van der Waals surface area contributed by atoms with Crippen LogP contribution in [0.2, 0.25) is 0 Å². The van der Waals surface area contributed by atoms with E-state index < -0.39 is 0 Å². The second-order valence-electron chi connectivity index (χ2n) is 4.43. The molecule has 4 nitrogen and oxygen atoms in total. The van der Waals surface area contributed by atoms with Gasteiger partial charge in [0.05, 0.1) is 22.7 Å². The van der Waals surface area contributed by atoms with Crippen LogP contribution in [0.3, 0.4) is 0 Å². The monoisotopic (exact) mass is 250 g/mol. The molecule has 0 radical (unpaired) electrons. The molecule has 1 saturated carbocycles. The fourth-order valence-corrected chi connectivity index (χ4v) is 3.67. The maximum Gasteiger partial charge on any atom is 0.434 e. The van der Waals surface area contributed by atoms with Crippen LogP contribution in [0.15, 0.2) is 17.6 Å². The number of hydrogen-bond acceptors (Lipinski definition) is 4. The number of aryl methyl sites for hydroxylation is 1. The molecule has 17 heavy (non-hydrogen) atoms. The van der Waals surface area contributed by atoms with Gasteiger partial charge in [-0.1, -0.05) is 6.08 Å². The van der Waals surface area contributed by atoms with Crippen LogP contribution in [0, 0.1) is 12.8 Å². The van der Waals surface area contributed by atoms with Gasteiger partial charge in [0.15, 0.2) is 0 Å². The van der Waals surface area contributed by atoms with Crippen molar-refractivity contribution in [1.82, 2.24) is 9.78 Å². The Labute approximate surface area is 104 Å². The third-order valence-corrected chi connectivity index (χ3v) is 4.65. The molecule has 0 amide bonds. The Bertz CT molecular complexity index is 509. The Morgan fingerprint density at radius 1 is 1.76 bits per heavy atom. The van der Waals surface area contributed by atoms with Gasteiger partial charge in [-0.3, -0.25) is 0 Å². The highest BCUT2D eigenvalue weighted by atomic mass is 32.2. The summed E-state index contributed by atoms with van der Waals surface area (Å²) in [4.78, 5) is 11.8. The number of fused-ring (bicyclic) bond motifs is 1. The summed E-state index contributed by atoms with van der Waals surface area (Å²) in [6.45, 7) is 4.08. The molecule has 3 rings (SSSR count). The Morgan fingerprint density at radius 3 is 3.18 bits per heavy atom. The number of carbonyl (C=O) groups is 1. The summed E-state index contributed by atoms with van der Waals surface area (Å²) < 4.78 is 6.52. The zero-order chi connectivity index (χ0) is 12.0. The predicted octanol–water partition coefficient (Wildman–Crippen LogP) is 2.67. The molecule has 0 bridgehead atoms. The Morgan fingerprint density at radius 2 is 2.59 bits per heavy atom. The van der Waals surface area contributed by atoms with Crippen molar-refractivity contribution in [3.8, 4) is 0 Å². The second kappa shape index (κ2) is 3.63. The van der Waals surface area contributed by atoms with Crippen LogP contribution in [0.4, 0.5) is 4.79 Å². The summed E-state index contributed by atoms with van der Waals surface area (Å²) in [5.41, 5.74) is 1.84. The van der Waals surface area contributed by atoms with Crippen LogP contribution in [-0.4, -0.2) is 22.5 Å². The molecule has 1 aliphatic heterocycles. The van der Waals surface area contributed by atoms with Gasteiger partial charge in [0.1, 0.15) is 0 Å². The number of thioether (sulfide) groups is 1. The summed E-state index contributed by atoms with van der Waals surface area (Å²) >= 11 is 1.79. The third-order valence-electron chi connectivity index (χ3n) is 3.26. The van der Waals surface area contributed by atoms with E-state index in [-0.39, 0.29) is 10.8 Å². The highest BCUT2D eigenvalue weighted by molar-refractivity contribution is 8.03. The molecule has 2 heterocycles. The van der Waals surface area contributed by atoms with Crippen molar-refractivity contribution < 1.29 is 9.53 Å². The highest BCUT2D eigenvalue weighted by Crippen LogP contribution is 2.66. The van der Waals surface area contributed by atoms with E-state index in [0.29, 0.717) is 12.5 Å². The van der Waals surface area contributed by atoms with Crippen LogP contribution in [-0.2, 0) is 9.48 Å². The van der Waals surface area contributed by atoms with Crippen molar-refractivity contribution in [2.45, 2.75) is 25.0 Å². The Hall–Kier alpha value is -1.23. The zero-order valence-corrected chi connectivity index (χ0v) is 10.7. The molecular weight excluding hydrogens is 236 g/mol. The number of rotatable bonds is 2. The van der Waals surface area contributed by atoms with Crippen LogP contribution in [0.1, 0.15) is 24.7 Å². The van der Waals surface area contributed by atoms with Gasteiger partial charge in [-0.2, -0.15) is 9.78 Å². The van der Waals surface area contributed by atoms with Crippen LogP contribution in [0.5, 0.6) is 0 Å². The molecule has 1 aliphatic carbocycles. The average molecular weight is 250 g/mol. The van der Waals surface area contributed by atoms with Crippen molar-refractivity contribution in [1.29, 1.82) is 0 Å². The van der Waals surface area contributed by atoms with E-state index in [9.17, 15) is 4.79 Å². The summed E-state index contributed by atoms with van der Waals surface area (Å²) in [5.74, 6) is 0.553. The molecule has 0 N–H and O–H groups in total. The first-order valence-electron chi connectivity index (χ1n) is 5.76. The highest BCUT2D eigenvalue weighted by Gasteiger charge is 2.59. The summed E-state index contributed by atoms with van der Waals surface area (Å²) in [7, 11) is 0. The molecular formula is C12H14N2O2S. The number of hydrogen-bond donors (Lipinski definition) is 0. The van der Waals surface area contributed by atoms with E-state index in [1.807, 2.05) is 13.0 Å². The number of nitrogens with zero attached hydrogens (tertiary/aromatic N) is 2. The third kappa shape index (κ3) is 1.52. The van der Waals surface area contributed by atoms with Crippen molar-refractivity contribution in [3.05, 3.63) is 28.9 Å². The molecule has 2 unspecified atom stereocenters. The normalized spacial score (nSPS) is 29.2. The number of ether oxygens (including phenoxy) is 1. The molecule has 1 aromatic heterocycles. The lowest BCUT2D eigenvalue weighted by atomic mass is 10.2. The minimum Gasteiger partial charge on any atom is -0.448 e. The zero-order valence-electron chi connectivity index (χ0n) is 9.84. The topological polar surface area (TPSA) is 44.1 Å². The summed E-state index contributed by atoms with van der Waals surface area (Å²) in [6.07, 6.45) is 2.93. The lowest BCUT2D eigenvalue weighted by Gasteiger charge is -2.12. The molecule has 1 fully saturated rings.